The third kappa shape index (κ3) is 8.35. The fourth-order valence-electron chi connectivity index (χ4n) is 5.55. The molecule has 0 aliphatic rings. The van der Waals surface area contributed by atoms with Gasteiger partial charge in [-0.25, -0.2) is 19.9 Å². The van der Waals surface area contributed by atoms with Gasteiger partial charge >= 0.3 is 0 Å². The van der Waals surface area contributed by atoms with Crippen LogP contribution >= 0.6 is 0 Å². The molecule has 0 saturated carbocycles. The van der Waals surface area contributed by atoms with E-state index in [1.165, 1.54) is 10.9 Å². The monoisotopic (exact) mass is 685 g/mol. The molecule has 0 spiro atoms. The number of nitrogens with zero attached hydrogens (tertiary/aromatic N) is 6. The fourth-order valence-corrected chi connectivity index (χ4v) is 5.55. The number of hydrogen-bond acceptors (Lipinski definition) is 11. The van der Waals surface area contributed by atoms with Gasteiger partial charge in [-0.2, -0.15) is 0 Å². The summed E-state index contributed by atoms with van der Waals surface area (Å²) in [6.45, 7) is 3.00. The van der Waals surface area contributed by atoms with Crippen LogP contribution in [0, 0.1) is 6.92 Å². The Kier molecular flexibility index (Phi) is 10.3. The molecule has 4 aromatic heterocycles. The lowest BCUT2D eigenvalue weighted by Gasteiger charge is -2.12. The van der Waals surface area contributed by atoms with Gasteiger partial charge in [0.1, 0.15) is 48.0 Å². The Labute approximate surface area is 300 Å². The molecule has 0 unspecified atom stereocenters. The van der Waals surface area contributed by atoms with Crippen molar-refractivity contribution >= 4 is 50.5 Å². The van der Waals surface area contributed by atoms with Gasteiger partial charge in [-0.1, -0.05) is 54.6 Å². The van der Waals surface area contributed by atoms with Crippen molar-refractivity contribution in [3.05, 3.63) is 163 Å². The Bertz CT molecular complexity index is 2240. The maximum Gasteiger partial charge on any atom is 0.150 e. The highest BCUT2D eigenvalue weighted by molar-refractivity contribution is 5.97. The molecule has 4 heterocycles. The van der Waals surface area contributed by atoms with E-state index >= 15 is 0 Å². The highest BCUT2D eigenvalue weighted by atomic mass is 16.5. The van der Waals surface area contributed by atoms with Gasteiger partial charge in [0.2, 0.25) is 0 Å². The molecule has 0 saturated heterocycles. The molecule has 4 aromatic carbocycles. The zero-order valence-electron chi connectivity index (χ0n) is 28.3. The molecule has 0 bridgehead atoms. The molecule has 4 N–H and O–H groups in total. The van der Waals surface area contributed by atoms with E-state index in [0.717, 1.165) is 44.5 Å². The van der Waals surface area contributed by atoms with Crippen molar-refractivity contribution in [2.75, 3.05) is 16.4 Å². The second-order valence-electron chi connectivity index (χ2n) is 11.7. The molecule has 0 aliphatic carbocycles. The van der Waals surface area contributed by atoms with Crippen LogP contribution in [0.2, 0.25) is 0 Å². The van der Waals surface area contributed by atoms with Crippen LogP contribution in [0.3, 0.4) is 0 Å². The molecule has 11 heteroatoms. The molecule has 0 atom stereocenters. The molecule has 256 valence electrons. The molecule has 0 aliphatic heterocycles. The number of fused-ring (bicyclic) bond motifs is 2. The van der Waals surface area contributed by atoms with Crippen LogP contribution < -0.4 is 25.8 Å². The van der Waals surface area contributed by atoms with Crippen LogP contribution in [0.1, 0.15) is 16.7 Å². The highest BCUT2D eigenvalue weighted by Gasteiger charge is 2.08. The van der Waals surface area contributed by atoms with E-state index in [2.05, 4.69) is 65.7 Å². The number of rotatable bonds is 10. The van der Waals surface area contributed by atoms with Gasteiger partial charge in [0.25, 0.3) is 0 Å². The van der Waals surface area contributed by atoms with Crippen LogP contribution in [0.4, 0.5) is 29.0 Å². The Hall–Kier alpha value is -7.14. The molecule has 52 heavy (non-hydrogen) atoms. The van der Waals surface area contributed by atoms with E-state index in [1.807, 2.05) is 78.9 Å². The predicted molar refractivity (Wildman–Crippen MR) is 205 cm³/mol. The van der Waals surface area contributed by atoms with Gasteiger partial charge in [0, 0.05) is 59.0 Å². The SMILES string of the molecule is Cc1ccc(OCc2ccnc(Nc3cnccn3)c2)c2ccccc12.Nc1ccc(OCc2ccnc(Nc3cnccn3)c2)c2ccccc12. The number of pyridine rings is 2. The molecule has 8 rings (SSSR count). The summed E-state index contributed by atoms with van der Waals surface area (Å²) >= 11 is 0. The van der Waals surface area contributed by atoms with E-state index in [0.29, 0.717) is 36.5 Å². The number of aryl methyl sites for hydroxylation is 1. The topological polar surface area (TPSA) is 146 Å². The normalized spacial score (nSPS) is 10.6. The van der Waals surface area contributed by atoms with Crippen molar-refractivity contribution in [1.29, 1.82) is 0 Å². The standard InChI is InChI=1S/C21H18N4O.C20H17N5O/c1-15-6-7-19(18-5-3-2-4-17(15)18)26-14-16-8-9-23-20(12-16)25-21-13-22-10-11-24-21;21-17-5-6-18(16-4-2-1-3-15(16)17)26-13-14-7-8-23-19(11-14)25-20-12-22-9-10-24-20/h2-13H,14H2,1H3,(H,23,24,25);1-12H,13,21H2,(H,23,24,25). The summed E-state index contributed by atoms with van der Waals surface area (Å²) < 4.78 is 12.1. The summed E-state index contributed by atoms with van der Waals surface area (Å²) in [5.74, 6) is 4.38. The third-order valence-electron chi connectivity index (χ3n) is 8.10. The Morgan fingerprint density at radius 3 is 1.52 bits per heavy atom. The van der Waals surface area contributed by atoms with Crippen molar-refractivity contribution in [1.82, 2.24) is 29.9 Å². The van der Waals surface area contributed by atoms with Crippen LogP contribution in [0.25, 0.3) is 21.5 Å². The quantitative estimate of drug-likeness (QED) is 0.119. The highest BCUT2D eigenvalue weighted by Crippen LogP contribution is 2.31. The van der Waals surface area contributed by atoms with E-state index < -0.39 is 0 Å². The van der Waals surface area contributed by atoms with Crippen molar-refractivity contribution < 1.29 is 9.47 Å². The second kappa shape index (κ2) is 16.0. The van der Waals surface area contributed by atoms with Gasteiger partial charge in [-0.15, -0.1) is 0 Å². The van der Waals surface area contributed by atoms with E-state index in [9.17, 15) is 0 Å². The van der Waals surface area contributed by atoms with Crippen LogP contribution in [-0.4, -0.2) is 29.9 Å². The first-order valence-electron chi connectivity index (χ1n) is 16.6. The number of nitrogen functional groups attached to an aromatic ring is 1. The van der Waals surface area contributed by atoms with Gasteiger partial charge < -0.3 is 25.8 Å². The number of anilines is 5. The predicted octanol–water partition coefficient (Wildman–Crippen LogP) is 8.59. The van der Waals surface area contributed by atoms with Gasteiger partial charge in [0.15, 0.2) is 0 Å². The molecule has 0 fully saturated rings. The lowest BCUT2D eigenvalue weighted by molar-refractivity contribution is 0.310. The third-order valence-corrected chi connectivity index (χ3v) is 8.10. The van der Waals surface area contributed by atoms with Crippen LogP contribution in [0.15, 0.2) is 147 Å². The van der Waals surface area contributed by atoms with Gasteiger partial charge in [0.05, 0.1) is 12.4 Å². The maximum absolute atomic E-state index is 6.08. The minimum absolute atomic E-state index is 0.422. The van der Waals surface area contributed by atoms with Gasteiger partial charge in [-0.3, -0.25) is 9.97 Å². The maximum atomic E-state index is 6.08. The summed E-state index contributed by atoms with van der Waals surface area (Å²) in [6.07, 6.45) is 13.3. The Morgan fingerprint density at radius 1 is 0.500 bits per heavy atom. The second-order valence-corrected chi connectivity index (χ2v) is 11.7. The fraction of sp³-hybridized carbons (Fsp3) is 0.0732. The summed E-state index contributed by atoms with van der Waals surface area (Å²) in [4.78, 5) is 25.1. The zero-order chi connectivity index (χ0) is 35.5. The molecule has 8 aromatic rings. The smallest absolute Gasteiger partial charge is 0.150 e. The average Bonchev–Trinajstić information content (AvgIpc) is 3.19. The number of hydrogen-bond donors (Lipinski definition) is 3. The Morgan fingerprint density at radius 2 is 0.981 bits per heavy atom. The van der Waals surface area contributed by atoms with E-state index in [4.69, 9.17) is 15.2 Å². The molecule has 11 nitrogen and oxygen atoms in total. The van der Waals surface area contributed by atoms with Crippen LogP contribution in [0.5, 0.6) is 11.5 Å². The summed E-state index contributed by atoms with van der Waals surface area (Å²) in [5, 5.41) is 10.6. The summed E-state index contributed by atoms with van der Waals surface area (Å²) in [5.41, 5.74) is 10.0. The molecule has 0 amide bonds. The lowest BCUT2D eigenvalue weighted by Crippen LogP contribution is -2.00. The number of benzene rings is 4. The van der Waals surface area contributed by atoms with Crippen molar-refractivity contribution in [3.8, 4) is 11.5 Å². The minimum atomic E-state index is 0.422. The van der Waals surface area contributed by atoms with E-state index in [-0.39, 0.29) is 0 Å². The first-order valence-corrected chi connectivity index (χ1v) is 16.6. The number of nitrogens with one attached hydrogen (secondary N) is 2. The molecular formula is C41H35N9O2. The van der Waals surface area contributed by atoms with Crippen molar-refractivity contribution in [2.45, 2.75) is 20.1 Å². The lowest BCUT2D eigenvalue weighted by atomic mass is 10.0. The zero-order valence-corrected chi connectivity index (χ0v) is 28.3. The summed E-state index contributed by atoms with van der Waals surface area (Å²) in [7, 11) is 0. The summed E-state index contributed by atoms with van der Waals surface area (Å²) in [6, 6.07) is 31.8. The first kappa shape index (κ1) is 33.4. The van der Waals surface area contributed by atoms with E-state index in [1.54, 1.807) is 49.6 Å². The largest absolute Gasteiger partial charge is 0.488 e. The van der Waals surface area contributed by atoms with Crippen molar-refractivity contribution in [3.63, 3.8) is 0 Å². The van der Waals surface area contributed by atoms with Gasteiger partial charge in [-0.05, 0) is 71.5 Å². The number of ether oxygens (including phenoxy) is 2. The molecule has 0 radical (unpaired) electrons. The number of aromatic nitrogens is 6. The first-order chi connectivity index (χ1) is 25.6. The minimum Gasteiger partial charge on any atom is -0.488 e. The van der Waals surface area contributed by atoms with Crippen LogP contribution in [-0.2, 0) is 13.2 Å². The molecular weight excluding hydrogens is 651 g/mol. The number of nitrogens with two attached hydrogens (primary N) is 1. The Balaban J connectivity index is 0.000000162. The van der Waals surface area contributed by atoms with Crippen molar-refractivity contribution in [2.24, 2.45) is 0 Å². The average molecular weight is 686 g/mol.